The molecule has 1 heterocycles. The summed E-state index contributed by atoms with van der Waals surface area (Å²) in [5.41, 5.74) is 0.565. The number of amides is 1. The maximum Gasteiger partial charge on any atom is 0.260 e. The summed E-state index contributed by atoms with van der Waals surface area (Å²) in [5, 5.41) is 12.3. The molecule has 1 N–H and O–H groups in total. The van der Waals surface area contributed by atoms with Crippen LogP contribution < -0.4 is 4.90 Å². The van der Waals surface area contributed by atoms with Crippen molar-refractivity contribution in [3.05, 3.63) is 100 Å². The minimum absolute atomic E-state index is 0.274. The molecule has 3 aromatic rings. The number of halogens is 2. The van der Waals surface area contributed by atoms with Gasteiger partial charge >= 0.3 is 0 Å². The van der Waals surface area contributed by atoms with Crippen molar-refractivity contribution in [1.29, 1.82) is 0 Å². The zero-order chi connectivity index (χ0) is 20.6. The van der Waals surface area contributed by atoms with E-state index >= 15 is 0 Å². The predicted octanol–water partition coefficient (Wildman–Crippen LogP) is 4.28. The predicted molar refractivity (Wildman–Crippen MR) is 109 cm³/mol. The van der Waals surface area contributed by atoms with Gasteiger partial charge in [0.15, 0.2) is 11.7 Å². The van der Waals surface area contributed by atoms with Crippen LogP contribution in [0, 0.1) is 5.82 Å². The lowest BCUT2D eigenvalue weighted by atomic mass is 9.77. The van der Waals surface area contributed by atoms with Gasteiger partial charge in [-0.3, -0.25) is 4.79 Å². The molecule has 0 bridgehead atoms. The number of methoxy groups -OCH3 is 1. The molecule has 0 radical (unpaired) electrons. The number of aliphatic hydroxyl groups is 1. The van der Waals surface area contributed by atoms with Crippen LogP contribution in [0.3, 0.4) is 0 Å². The van der Waals surface area contributed by atoms with Crippen LogP contribution in [0.5, 0.6) is 0 Å². The molecule has 0 aliphatic carbocycles. The number of rotatable bonds is 4. The van der Waals surface area contributed by atoms with Crippen molar-refractivity contribution in [2.24, 2.45) is 0 Å². The summed E-state index contributed by atoms with van der Waals surface area (Å²) in [5.74, 6) is -0.817. The van der Waals surface area contributed by atoms with Crippen molar-refractivity contribution in [2.45, 2.75) is 18.2 Å². The number of benzene rings is 3. The Morgan fingerprint density at radius 2 is 1.83 bits per heavy atom. The smallest absolute Gasteiger partial charge is 0.260 e. The number of carbonyl (C=O) groups is 1. The fraction of sp³-hybridized carbons (Fsp3) is 0.174. The van der Waals surface area contributed by atoms with Crippen LogP contribution in [0.15, 0.2) is 72.8 Å². The molecular formula is C23H19ClFNO3. The Morgan fingerprint density at radius 3 is 2.52 bits per heavy atom. The Balaban J connectivity index is 1.86. The lowest BCUT2D eigenvalue weighted by Gasteiger charge is -2.44. The quantitative estimate of drug-likeness (QED) is 0.697. The highest BCUT2D eigenvalue weighted by molar-refractivity contribution is 6.30. The van der Waals surface area contributed by atoms with Crippen LogP contribution in [-0.4, -0.2) is 24.2 Å². The normalized spacial score (nSPS) is 21.2. The highest BCUT2D eigenvalue weighted by Crippen LogP contribution is 2.45. The van der Waals surface area contributed by atoms with E-state index in [1.54, 1.807) is 41.3 Å². The first kappa shape index (κ1) is 19.6. The molecule has 6 heteroatoms. The number of fused-ring (bicyclic) bond motifs is 1. The van der Waals surface area contributed by atoms with Gasteiger partial charge in [0.25, 0.3) is 5.91 Å². The lowest BCUT2D eigenvalue weighted by molar-refractivity contribution is -0.145. The molecule has 2 atom stereocenters. The molecule has 0 fully saturated rings. The third-order valence-corrected chi connectivity index (χ3v) is 5.46. The van der Waals surface area contributed by atoms with Crippen molar-refractivity contribution in [3.63, 3.8) is 0 Å². The second-order valence-corrected chi connectivity index (χ2v) is 7.40. The van der Waals surface area contributed by atoms with Crippen molar-refractivity contribution < 1.29 is 19.0 Å². The van der Waals surface area contributed by atoms with Gasteiger partial charge in [0.2, 0.25) is 0 Å². The molecule has 1 aliphatic rings. The minimum atomic E-state index is -1.75. The van der Waals surface area contributed by atoms with Crippen molar-refractivity contribution in [1.82, 2.24) is 0 Å². The molecule has 0 spiro atoms. The van der Waals surface area contributed by atoms with Gasteiger partial charge in [0, 0.05) is 17.7 Å². The summed E-state index contributed by atoms with van der Waals surface area (Å²) in [6.07, 6.45) is -1.19. The van der Waals surface area contributed by atoms with Gasteiger partial charge in [-0.05, 0) is 41.5 Å². The molecule has 0 saturated heterocycles. The zero-order valence-corrected chi connectivity index (χ0v) is 16.4. The molecule has 1 aliphatic heterocycles. The zero-order valence-electron chi connectivity index (χ0n) is 15.7. The van der Waals surface area contributed by atoms with Crippen LogP contribution in [-0.2, 0) is 21.7 Å². The summed E-state index contributed by atoms with van der Waals surface area (Å²) in [4.78, 5) is 15.0. The van der Waals surface area contributed by atoms with E-state index in [1.807, 2.05) is 12.1 Å². The molecule has 4 nitrogen and oxygen atoms in total. The highest BCUT2D eigenvalue weighted by Gasteiger charge is 2.52. The Morgan fingerprint density at radius 1 is 1.10 bits per heavy atom. The molecule has 2 unspecified atom stereocenters. The van der Waals surface area contributed by atoms with Gasteiger partial charge in [-0.2, -0.15) is 0 Å². The largest absolute Gasteiger partial charge is 0.377 e. The van der Waals surface area contributed by atoms with Crippen molar-refractivity contribution in [2.75, 3.05) is 12.0 Å². The number of ether oxygens (including phenoxy) is 1. The van der Waals surface area contributed by atoms with E-state index < -0.39 is 23.4 Å². The molecule has 1 amide bonds. The van der Waals surface area contributed by atoms with Gasteiger partial charge < -0.3 is 14.7 Å². The van der Waals surface area contributed by atoms with Crippen LogP contribution in [0.2, 0.25) is 5.02 Å². The summed E-state index contributed by atoms with van der Waals surface area (Å²) < 4.78 is 19.0. The number of para-hydroxylation sites is 1. The number of nitrogens with zero attached hydrogens (tertiary/aromatic N) is 1. The second kappa shape index (κ2) is 7.59. The second-order valence-electron chi connectivity index (χ2n) is 6.96. The van der Waals surface area contributed by atoms with Gasteiger partial charge in [-0.15, -0.1) is 0 Å². The summed E-state index contributed by atoms with van der Waals surface area (Å²) in [6.45, 7) is 0.274. The average Bonchev–Trinajstić information content (AvgIpc) is 2.72. The maximum absolute atomic E-state index is 13.5. The number of carbonyl (C=O) groups excluding carboxylic acids is 1. The lowest BCUT2D eigenvalue weighted by Crippen LogP contribution is -2.57. The van der Waals surface area contributed by atoms with Gasteiger partial charge in [0.05, 0.1) is 12.2 Å². The molecule has 0 saturated carbocycles. The van der Waals surface area contributed by atoms with Gasteiger partial charge in [-0.25, -0.2) is 4.39 Å². The van der Waals surface area contributed by atoms with E-state index in [1.165, 1.54) is 31.4 Å². The number of hydrogen-bond donors (Lipinski definition) is 1. The van der Waals surface area contributed by atoms with Crippen LogP contribution in [0.25, 0.3) is 0 Å². The first-order chi connectivity index (χ1) is 13.9. The monoisotopic (exact) mass is 411 g/mol. The van der Waals surface area contributed by atoms with Gasteiger partial charge in [-0.1, -0.05) is 54.1 Å². The summed E-state index contributed by atoms with van der Waals surface area (Å²) in [6, 6.07) is 19.8. The van der Waals surface area contributed by atoms with E-state index in [4.69, 9.17) is 16.3 Å². The third kappa shape index (κ3) is 3.31. The van der Waals surface area contributed by atoms with E-state index in [0.29, 0.717) is 21.8 Å². The first-order valence-corrected chi connectivity index (χ1v) is 9.49. The summed E-state index contributed by atoms with van der Waals surface area (Å²) >= 11 is 6.09. The number of hydrogen-bond acceptors (Lipinski definition) is 3. The Bertz CT molecular complexity index is 1060. The fourth-order valence-electron chi connectivity index (χ4n) is 3.87. The van der Waals surface area contributed by atoms with Crippen LogP contribution in [0.1, 0.15) is 16.7 Å². The highest BCUT2D eigenvalue weighted by atomic mass is 35.5. The van der Waals surface area contributed by atoms with E-state index in [2.05, 4.69) is 0 Å². The number of anilines is 1. The van der Waals surface area contributed by atoms with Crippen LogP contribution >= 0.6 is 11.6 Å². The SMILES string of the molecule is COC1C(=O)N(Cc2cccc(Cl)c2)c2ccccc2C1(O)c1ccc(F)cc1. The summed E-state index contributed by atoms with van der Waals surface area (Å²) in [7, 11) is 1.38. The Labute approximate surface area is 173 Å². The topological polar surface area (TPSA) is 49.8 Å². The molecule has 148 valence electrons. The standard InChI is InChI=1S/C23H19ClFNO3/c1-29-21-22(27)26(14-15-5-4-6-17(24)13-15)20-8-3-2-7-19(20)23(21,28)16-9-11-18(25)12-10-16/h2-13,21,28H,14H2,1H3. The molecular weight excluding hydrogens is 393 g/mol. The van der Waals surface area contributed by atoms with E-state index in [9.17, 15) is 14.3 Å². The van der Waals surface area contributed by atoms with Gasteiger partial charge in [0.1, 0.15) is 5.82 Å². The van der Waals surface area contributed by atoms with Crippen LogP contribution in [0.4, 0.5) is 10.1 Å². The van der Waals surface area contributed by atoms with E-state index in [0.717, 1.165) is 5.56 Å². The molecule has 3 aromatic carbocycles. The first-order valence-electron chi connectivity index (χ1n) is 9.11. The molecule has 0 aromatic heterocycles. The van der Waals surface area contributed by atoms with Crippen molar-refractivity contribution >= 4 is 23.2 Å². The Kier molecular flexibility index (Phi) is 5.13. The maximum atomic E-state index is 13.5. The van der Waals surface area contributed by atoms with Crippen molar-refractivity contribution in [3.8, 4) is 0 Å². The molecule has 4 rings (SSSR count). The molecule has 29 heavy (non-hydrogen) atoms. The minimum Gasteiger partial charge on any atom is -0.377 e. The fourth-order valence-corrected chi connectivity index (χ4v) is 4.09. The van der Waals surface area contributed by atoms with E-state index in [-0.39, 0.29) is 6.54 Å². The third-order valence-electron chi connectivity index (χ3n) is 5.22. The average molecular weight is 412 g/mol. The Hall–Kier alpha value is -2.73.